The predicted octanol–water partition coefficient (Wildman–Crippen LogP) is 1.60. The first-order chi connectivity index (χ1) is 9.56. The zero-order valence-corrected chi connectivity index (χ0v) is 12.5. The average molecular weight is 312 g/mol. The number of nitrogens with zero attached hydrogens (tertiary/aromatic N) is 2. The first kappa shape index (κ1) is 14.6. The largest absolute Gasteiger partial charge is 0.507 e. The Kier molecular flexibility index (Phi) is 4.46. The molecule has 0 spiro atoms. The van der Waals surface area contributed by atoms with Crippen molar-refractivity contribution in [3.8, 4) is 17.2 Å². The number of ether oxygens (including phenoxy) is 2. The Hall–Kier alpha value is -1.80. The van der Waals surface area contributed by atoms with E-state index in [1.165, 1.54) is 38.3 Å². The second kappa shape index (κ2) is 6.10. The molecule has 0 atom stereocenters. The van der Waals surface area contributed by atoms with Gasteiger partial charge in [-0.15, -0.1) is 0 Å². The summed E-state index contributed by atoms with van der Waals surface area (Å²) in [4.78, 5) is 11.5. The van der Waals surface area contributed by atoms with Gasteiger partial charge in [0.05, 0.1) is 31.8 Å². The first-order valence-electron chi connectivity index (χ1n) is 5.55. The van der Waals surface area contributed by atoms with Gasteiger partial charge < -0.3 is 14.6 Å². The fourth-order valence-electron chi connectivity index (χ4n) is 1.58. The Morgan fingerprint density at radius 2 is 2.20 bits per heavy atom. The van der Waals surface area contributed by atoms with E-state index in [1.807, 2.05) is 0 Å². The normalized spacial score (nSPS) is 15.2. The summed E-state index contributed by atoms with van der Waals surface area (Å²) in [5, 5.41) is 15.1. The first-order valence-corrected chi connectivity index (χ1v) is 6.95. The van der Waals surface area contributed by atoms with Gasteiger partial charge in [-0.2, -0.15) is 10.1 Å². The maximum Gasteiger partial charge on any atom is 0.259 e. The number of benzene rings is 1. The average Bonchev–Trinajstić information content (AvgIpc) is 2.76. The number of methoxy groups -OCH3 is 2. The van der Waals surface area contributed by atoms with Crippen LogP contribution in [0.4, 0.5) is 0 Å². The van der Waals surface area contributed by atoms with Crippen molar-refractivity contribution in [3.63, 3.8) is 0 Å². The molecule has 106 valence electrons. The SMILES string of the molecule is COc1cc(O)c(/C=N/N2C(=O)CSC2=S)c(OC)c1. The van der Waals surface area contributed by atoms with Crippen LogP contribution in [0.25, 0.3) is 0 Å². The van der Waals surface area contributed by atoms with Gasteiger partial charge in [0.15, 0.2) is 4.32 Å². The van der Waals surface area contributed by atoms with Gasteiger partial charge >= 0.3 is 0 Å². The molecule has 0 saturated carbocycles. The molecule has 1 aromatic rings. The highest BCUT2D eigenvalue weighted by Gasteiger charge is 2.26. The van der Waals surface area contributed by atoms with Gasteiger partial charge in [0.25, 0.3) is 5.91 Å². The lowest BCUT2D eigenvalue weighted by molar-refractivity contribution is -0.123. The molecule has 1 saturated heterocycles. The van der Waals surface area contributed by atoms with Crippen LogP contribution >= 0.6 is 24.0 Å². The summed E-state index contributed by atoms with van der Waals surface area (Å²) in [6, 6.07) is 3.04. The van der Waals surface area contributed by atoms with E-state index in [0.29, 0.717) is 21.4 Å². The van der Waals surface area contributed by atoms with Gasteiger partial charge in [-0.3, -0.25) is 4.79 Å². The van der Waals surface area contributed by atoms with Crippen LogP contribution in [0.1, 0.15) is 5.56 Å². The number of hydrogen-bond acceptors (Lipinski definition) is 7. The Morgan fingerprint density at radius 3 is 2.75 bits per heavy atom. The number of thioether (sulfide) groups is 1. The third-order valence-corrected chi connectivity index (χ3v) is 3.92. The van der Waals surface area contributed by atoms with Crippen molar-refractivity contribution in [2.24, 2.45) is 5.10 Å². The standard InChI is InChI=1S/C12H12N2O4S2/c1-17-7-3-9(15)8(10(4-7)18-2)5-13-14-11(16)6-20-12(14)19/h3-5,15H,6H2,1-2H3/b13-5+. The van der Waals surface area contributed by atoms with Gasteiger partial charge in [-0.25, -0.2) is 0 Å². The van der Waals surface area contributed by atoms with Crippen LogP contribution in [0.3, 0.4) is 0 Å². The van der Waals surface area contributed by atoms with E-state index >= 15 is 0 Å². The molecule has 1 aromatic carbocycles. The lowest BCUT2D eigenvalue weighted by Gasteiger charge is -2.11. The summed E-state index contributed by atoms with van der Waals surface area (Å²) in [7, 11) is 2.95. The van der Waals surface area contributed by atoms with Gasteiger partial charge in [-0.05, 0) is 0 Å². The van der Waals surface area contributed by atoms with E-state index < -0.39 is 0 Å². The Labute approximate surface area is 125 Å². The van der Waals surface area contributed by atoms with Crippen LogP contribution in [0, 0.1) is 0 Å². The number of hydrogen-bond donors (Lipinski definition) is 1. The number of carbonyl (C=O) groups excluding carboxylic acids is 1. The topological polar surface area (TPSA) is 71.4 Å². The molecule has 2 rings (SSSR count). The molecule has 1 aliphatic heterocycles. The highest BCUT2D eigenvalue weighted by Crippen LogP contribution is 2.32. The monoisotopic (exact) mass is 312 g/mol. The molecule has 1 heterocycles. The van der Waals surface area contributed by atoms with E-state index in [1.54, 1.807) is 6.07 Å². The van der Waals surface area contributed by atoms with Crippen molar-refractivity contribution in [2.75, 3.05) is 20.0 Å². The lowest BCUT2D eigenvalue weighted by Crippen LogP contribution is -2.22. The highest BCUT2D eigenvalue weighted by molar-refractivity contribution is 8.23. The van der Waals surface area contributed by atoms with Crippen molar-refractivity contribution >= 4 is 40.4 Å². The number of phenols is 1. The summed E-state index contributed by atoms with van der Waals surface area (Å²) in [5.74, 6) is 0.871. The number of aromatic hydroxyl groups is 1. The fraction of sp³-hybridized carbons (Fsp3) is 0.250. The third-order valence-electron chi connectivity index (χ3n) is 2.58. The van der Waals surface area contributed by atoms with Crippen LogP contribution in [0.15, 0.2) is 17.2 Å². The number of carbonyl (C=O) groups is 1. The molecule has 0 aliphatic carbocycles. The molecular weight excluding hydrogens is 300 g/mol. The van der Waals surface area contributed by atoms with E-state index in [9.17, 15) is 9.90 Å². The maximum atomic E-state index is 11.5. The number of phenolic OH excluding ortho intramolecular Hbond substituents is 1. The van der Waals surface area contributed by atoms with Crippen LogP contribution in [0.2, 0.25) is 0 Å². The van der Waals surface area contributed by atoms with Crippen molar-refractivity contribution in [1.29, 1.82) is 0 Å². The summed E-state index contributed by atoms with van der Waals surface area (Å²) in [6.07, 6.45) is 1.34. The van der Waals surface area contributed by atoms with Gasteiger partial charge in [0, 0.05) is 12.1 Å². The van der Waals surface area contributed by atoms with Crippen LogP contribution in [0.5, 0.6) is 17.2 Å². The summed E-state index contributed by atoms with van der Waals surface area (Å²) in [6.45, 7) is 0. The lowest BCUT2D eigenvalue weighted by atomic mass is 10.2. The van der Waals surface area contributed by atoms with Crippen LogP contribution in [-0.4, -0.2) is 46.5 Å². The molecule has 1 N–H and O–H groups in total. The molecule has 6 nitrogen and oxygen atoms in total. The van der Waals surface area contributed by atoms with E-state index in [0.717, 1.165) is 5.01 Å². The smallest absolute Gasteiger partial charge is 0.259 e. The quantitative estimate of drug-likeness (QED) is 0.673. The van der Waals surface area contributed by atoms with Gasteiger partial charge in [-0.1, -0.05) is 24.0 Å². The van der Waals surface area contributed by atoms with Crippen molar-refractivity contribution in [2.45, 2.75) is 0 Å². The molecule has 1 fully saturated rings. The number of amides is 1. The van der Waals surface area contributed by atoms with Crippen LogP contribution < -0.4 is 9.47 Å². The van der Waals surface area contributed by atoms with Gasteiger partial charge in [0.1, 0.15) is 17.2 Å². The second-order valence-electron chi connectivity index (χ2n) is 3.77. The zero-order valence-electron chi connectivity index (χ0n) is 10.8. The number of hydrazone groups is 1. The van der Waals surface area contributed by atoms with Crippen molar-refractivity contribution in [3.05, 3.63) is 17.7 Å². The van der Waals surface area contributed by atoms with Crippen molar-refractivity contribution < 1.29 is 19.4 Å². The fourth-order valence-corrected chi connectivity index (χ4v) is 2.54. The molecule has 0 unspecified atom stereocenters. The van der Waals surface area contributed by atoms with E-state index in [2.05, 4.69) is 5.10 Å². The highest BCUT2D eigenvalue weighted by atomic mass is 32.2. The molecule has 1 amide bonds. The molecule has 0 radical (unpaired) electrons. The maximum absolute atomic E-state index is 11.5. The molecular formula is C12H12N2O4S2. The Bertz CT molecular complexity index is 573. The Morgan fingerprint density at radius 1 is 1.45 bits per heavy atom. The summed E-state index contributed by atoms with van der Waals surface area (Å²) < 4.78 is 10.6. The molecule has 1 aliphatic rings. The van der Waals surface area contributed by atoms with E-state index in [-0.39, 0.29) is 17.4 Å². The minimum absolute atomic E-state index is 0.0600. The number of rotatable bonds is 4. The molecule has 20 heavy (non-hydrogen) atoms. The van der Waals surface area contributed by atoms with Gasteiger partial charge in [0.2, 0.25) is 0 Å². The second-order valence-corrected chi connectivity index (χ2v) is 5.38. The predicted molar refractivity (Wildman–Crippen MR) is 80.7 cm³/mol. The van der Waals surface area contributed by atoms with Crippen molar-refractivity contribution in [1.82, 2.24) is 5.01 Å². The van der Waals surface area contributed by atoms with Crippen LogP contribution in [-0.2, 0) is 4.79 Å². The summed E-state index contributed by atoms with van der Waals surface area (Å²) >= 11 is 6.26. The third kappa shape index (κ3) is 2.86. The molecule has 0 aromatic heterocycles. The molecule has 0 bridgehead atoms. The van der Waals surface area contributed by atoms with E-state index in [4.69, 9.17) is 21.7 Å². The minimum Gasteiger partial charge on any atom is -0.507 e. The zero-order chi connectivity index (χ0) is 14.7. The number of thiocarbonyl (C=S) groups is 1. The minimum atomic E-state index is -0.191. The molecule has 8 heteroatoms. The summed E-state index contributed by atoms with van der Waals surface area (Å²) in [5.41, 5.74) is 0.348. The Balaban J connectivity index is 2.33.